The highest BCUT2D eigenvalue weighted by Crippen LogP contribution is 2.43. The summed E-state index contributed by atoms with van der Waals surface area (Å²) in [7, 11) is 0. The predicted molar refractivity (Wildman–Crippen MR) is 82.8 cm³/mol. The summed E-state index contributed by atoms with van der Waals surface area (Å²) < 4.78 is 16.0. The van der Waals surface area contributed by atoms with Crippen LogP contribution in [0.15, 0.2) is 23.0 Å². The summed E-state index contributed by atoms with van der Waals surface area (Å²) in [6.07, 6.45) is -7.78. The molecule has 1 aliphatic carbocycles. The Balaban J connectivity index is 1.88. The van der Waals surface area contributed by atoms with E-state index in [2.05, 4.69) is 0 Å². The molecule has 7 atom stereocenters. The van der Waals surface area contributed by atoms with E-state index < -0.39 is 61.5 Å². The summed E-state index contributed by atoms with van der Waals surface area (Å²) in [5.74, 6) is -3.24. The second-order valence-electron chi connectivity index (χ2n) is 6.51. The van der Waals surface area contributed by atoms with Crippen molar-refractivity contribution in [2.75, 3.05) is 6.61 Å². The molecule has 0 bridgehead atoms. The van der Waals surface area contributed by atoms with Gasteiger partial charge in [0.25, 0.3) is 0 Å². The molecule has 0 spiro atoms. The van der Waals surface area contributed by atoms with Gasteiger partial charge in [-0.3, -0.25) is 0 Å². The zero-order chi connectivity index (χ0) is 19.9. The Morgan fingerprint density at radius 1 is 1.11 bits per heavy atom. The van der Waals surface area contributed by atoms with Crippen LogP contribution in [0.1, 0.15) is 12.8 Å². The lowest BCUT2D eigenvalue weighted by Gasteiger charge is -2.41. The SMILES string of the molecule is O=C(O)C1=CO[C@@H](O[C@@H]2O[C@H](CO)[C@@H](O)[C@H](O)[C@H]2O)C2=C(C(=O)O)CC[C@@H]12. The van der Waals surface area contributed by atoms with Crippen LogP contribution in [0.4, 0.5) is 0 Å². The predicted octanol–water partition coefficient (Wildman–Crippen LogP) is -2.08. The fourth-order valence-electron chi connectivity index (χ4n) is 3.56. The number of ether oxygens (including phenoxy) is 3. The lowest BCUT2D eigenvalue weighted by Crippen LogP contribution is -2.60. The van der Waals surface area contributed by atoms with Gasteiger partial charge in [0.05, 0.1) is 18.4 Å². The minimum atomic E-state index is -1.70. The summed E-state index contributed by atoms with van der Waals surface area (Å²) in [6.45, 7) is -0.662. The molecule has 0 aromatic rings. The Labute approximate surface area is 152 Å². The van der Waals surface area contributed by atoms with Gasteiger partial charge >= 0.3 is 11.9 Å². The van der Waals surface area contributed by atoms with E-state index in [1.165, 1.54) is 0 Å². The fraction of sp³-hybridized carbons (Fsp3) is 0.625. The van der Waals surface area contributed by atoms with Gasteiger partial charge in [-0.05, 0) is 12.8 Å². The van der Waals surface area contributed by atoms with Gasteiger partial charge < -0.3 is 44.8 Å². The maximum absolute atomic E-state index is 11.5. The number of hydrogen-bond donors (Lipinski definition) is 6. The van der Waals surface area contributed by atoms with Crippen molar-refractivity contribution >= 4 is 11.9 Å². The van der Waals surface area contributed by atoms with E-state index in [1.54, 1.807) is 0 Å². The van der Waals surface area contributed by atoms with Crippen LogP contribution in [0.2, 0.25) is 0 Å². The Hall–Kier alpha value is -2.02. The molecule has 0 unspecified atom stereocenters. The van der Waals surface area contributed by atoms with Crippen LogP contribution in [0, 0.1) is 5.92 Å². The third-order valence-electron chi connectivity index (χ3n) is 4.97. The van der Waals surface area contributed by atoms with Crippen molar-refractivity contribution in [3.63, 3.8) is 0 Å². The van der Waals surface area contributed by atoms with Crippen LogP contribution in [-0.4, -0.2) is 86.2 Å². The molecule has 1 saturated heterocycles. The van der Waals surface area contributed by atoms with Crippen molar-refractivity contribution < 1.29 is 54.4 Å². The Kier molecular flexibility index (Phi) is 5.51. The number of aliphatic hydroxyl groups is 4. The second-order valence-corrected chi connectivity index (χ2v) is 6.51. The molecule has 0 radical (unpaired) electrons. The van der Waals surface area contributed by atoms with Crippen molar-refractivity contribution in [2.24, 2.45) is 5.92 Å². The van der Waals surface area contributed by atoms with Gasteiger partial charge in [-0.25, -0.2) is 9.59 Å². The lowest BCUT2D eigenvalue weighted by molar-refractivity contribution is -0.327. The van der Waals surface area contributed by atoms with Gasteiger partial charge in [0.1, 0.15) is 24.4 Å². The van der Waals surface area contributed by atoms with Crippen molar-refractivity contribution in [3.8, 4) is 0 Å². The Morgan fingerprint density at radius 2 is 1.81 bits per heavy atom. The molecule has 2 heterocycles. The third kappa shape index (κ3) is 3.45. The topological polar surface area (TPSA) is 183 Å². The highest BCUT2D eigenvalue weighted by Gasteiger charge is 2.48. The molecule has 11 heteroatoms. The number of hydrogen-bond acceptors (Lipinski definition) is 9. The first-order chi connectivity index (χ1) is 12.8. The fourth-order valence-corrected chi connectivity index (χ4v) is 3.56. The van der Waals surface area contributed by atoms with Gasteiger partial charge in [0.2, 0.25) is 6.29 Å². The molecular formula is C16H20O11. The summed E-state index contributed by atoms with van der Waals surface area (Å²) in [5, 5.41) is 57.6. The standard InChI is InChI=1S/C16H20O11/c17-3-8-10(18)11(19)12(20)16(26-8)27-15-9-5(1-2-6(9)13(21)22)7(4-25-15)14(23)24/h4-5,8,10-12,15-20H,1-3H2,(H,21,22)(H,23,24)/t5-,8+,10+,11-,12+,15-,16-/m0/s1. The third-order valence-corrected chi connectivity index (χ3v) is 4.97. The van der Waals surface area contributed by atoms with E-state index in [1.807, 2.05) is 0 Å². The zero-order valence-corrected chi connectivity index (χ0v) is 14.0. The number of fused-ring (bicyclic) bond motifs is 1. The highest BCUT2D eigenvalue weighted by atomic mass is 16.8. The minimum absolute atomic E-state index is 0.0542. The van der Waals surface area contributed by atoms with Crippen LogP contribution in [-0.2, 0) is 23.8 Å². The van der Waals surface area contributed by atoms with Crippen molar-refractivity contribution in [1.82, 2.24) is 0 Å². The van der Waals surface area contributed by atoms with Gasteiger partial charge in [-0.15, -0.1) is 0 Å². The van der Waals surface area contributed by atoms with Crippen LogP contribution < -0.4 is 0 Å². The summed E-state index contributed by atoms with van der Waals surface area (Å²) in [5.41, 5.74) is -0.0734. The smallest absolute Gasteiger partial charge is 0.335 e. The van der Waals surface area contributed by atoms with Crippen molar-refractivity contribution in [3.05, 3.63) is 23.0 Å². The normalized spacial score (nSPS) is 38.8. The number of carboxylic acids is 2. The van der Waals surface area contributed by atoms with E-state index in [4.69, 9.17) is 14.2 Å². The molecule has 0 saturated carbocycles. The molecule has 3 aliphatic rings. The Morgan fingerprint density at radius 3 is 2.41 bits per heavy atom. The first kappa shape index (κ1) is 19.7. The minimum Gasteiger partial charge on any atom is -0.478 e. The van der Waals surface area contributed by atoms with E-state index in [0.29, 0.717) is 0 Å². The molecule has 3 rings (SSSR count). The van der Waals surface area contributed by atoms with Gasteiger partial charge in [-0.1, -0.05) is 0 Å². The maximum atomic E-state index is 11.5. The van der Waals surface area contributed by atoms with Crippen LogP contribution >= 0.6 is 0 Å². The second kappa shape index (κ2) is 7.54. The first-order valence-corrected chi connectivity index (χ1v) is 8.27. The van der Waals surface area contributed by atoms with Gasteiger partial charge in [0, 0.05) is 17.1 Å². The summed E-state index contributed by atoms with van der Waals surface area (Å²) in [6, 6.07) is 0. The Bertz CT molecular complexity index is 682. The molecule has 0 aromatic carbocycles. The van der Waals surface area contributed by atoms with Crippen LogP contribution in [0.25, 0.3) is 0 Å². The molecule has 150 valence electrons. The average Bonchev–Trinajstić information content (AvgIpc) is 3.07. The number of carboxylic acid groups (broad SMARTS) is 2. The molecule has 27 heavy (non-hydrogen) atoms. The van der Waals surface area contributed by atoms with E-state index in [-0.39, 0.29) is 29.6 Å². The van der Waals surface area contributed by atoms with E-state index >= 15 is 0 Å². The maximum Gasteiger partial charge on any atom is 0.335 e. The molecule has 1 fully saturated rings. The monoisotopic (exact) mass is 388 g/mol. The molecule has 2 aliphatic heterocycles. The first-order valence-electron chi connectivity index (χ1n) is 8.27. The summed E-state index contributed by atoms with van der Waals surface area (Å²) in [4.78, 5) is 22.9. The van der Waals surface area contributed by atoms with E-state index in [9.17, 15) is 40.2 Å². The molecule has 0 aromatic heterocycles. The van der Waals surface area contributed by atoms with Crippen molar-refractivity contribution in [1.29, 1.82) is 0 Å². The van der Waals surface area contributed by atoms with Crippen LogP contribution in [0.5, 0.6) is 0 Å². The summed E-state index contributed by atoms with van der Waals surface area (Å²) >= 11 is 0. The lowest BCUT2D eigenvalue weighted by atomic mass is 9.90. The average molecular weight is 388 g/mol. The molecular weight excluding hydrogens is 368 g/mol. The largest absolute Gasteiger partial charge is 0.478 e. The molecule has 6 N–H and O–H groups in total. The van der Waals surface area contributed by atoms with Crippen molar-refractivity contribution in [2.45, 2.75) is 49.8 Å². The molecule has 0 amide bonds. The van der Waals surface area contributed by atoms with Crippen LogP contribution in [0.3, 0.4) is 0 Å². The quantitative estimate of drug-likeness (QED) is 0.304. The number of carbonyl (C=O) groups is 2. The van der Waals surface area contributed by atoms with E-state index in [0.717, 1.165) is 6.26 Å². The highest BCUT2D eigenvalue weighted by molar-refractivity contribution is 5.92. The number of aliphatic carboxylic acids is 2. The molecule has 11 nitrogen and oxygen atoms in total. The van der Waals surface area contributed by atoms with Gasteiger partial charge in [-0.2, -0.15) is 0 Å². The number of rotatable bonds is 5. The zero-order valence-electron chi connectivity index (χ0n) is 14.0. The van der Waals surface area contributed by atoms with Gasteiger partial charge in [0.15, 0.2) is 6.29 Å². The number of aliphatic hydroxyl groups excluding tert-OH is 4.